The summed E-state index contributed by atoms with van der Waals surface area (Å²) in [5.41, 5.74) is 11.7. The Hall–Kier alpha value is -1.55. The van der Waals surface area contributed by atoms with E-state index in [9.17, 15) is 15.0 Å². The van der Waals surface area contributed by atoms with Crippen LogP contribution in [0.5, 0.6) is 0 Å². The van der Waals surface area contributed by atoms with Crippen LogP contribution in [0, 0.1) is 0 Å². The molecule has 0 aliphatic rings. The summed E-state index contributed by atoms with van der Waals surface area (Å²) in [6, 6.07) is 0. The Labute approximate surface area is 122 Å². The summed E-state index contributed by atoms with van der Waals surface area (Å²) in [5.74, 6) is -0.289. The molecule has 108 valence electrons. The first kappa shape index (κ1) is 14.9. The minimum atomic E-state index is -1.01. The number of anilines is 2. The number of Topliss-reactive ketones (excluding diaryl/α,β-unsaturated/α-hetero) is 1. The van der Waals surface area contributed by atoms with Crippen molar-refractivity contribution < 1.29 is 15.0 Å². The Morgan fingerprint density at radius 1 is 1.05 bits per heavy atom. The van der Waals surface area contributed by atoms with Crippen LogP contribution in [-0.4, -0.2) is 26.0 Å². The van der Waals surface area contributed by atoms with Crippen LogP contribution in [0.15, 0.2) is 10.8 Å². The number of carbonyl (C=O) groups excluding carboxylic acids is 1. The van der Waals surface area contributed by atoms with Crippen LogP contribution < -0.4 is 11.5 Å². The lowest BCUT2D eigenvalue weighted by Gasteiger charge is -2.09. The molecule has 2 heterocycles. The summed E-state index contributed by atoms with van der Waals surface area (Å²) in [5, 5.41) is 23.6. The molecule has 0 aliphatic carbocycles. The number of carbonyl (C=O) groups is 1. The van der Waals surface area contributed by atoms with Gasteiger partial charge < -0.3 is 21.7 Å². The second kappa shape index (κ2) is 6.27. The minimum Gasteiger partial charge on any atom is -0.386 e. The number of nitrogen functional groups attached to an aromatic ring is 2. The predicted molar refractivity (Wildman–Crippen MR) is 77.2 cm³/mol. The van der Waals surface area contributed by atoms with Crippen LogP contribution in [0.2, 0.25) is 0 Å². The van der Waals surface area contributed by atoms with Crippen LogP contribution in [0.1, 0.15) is 36.4 Å². The first-order valence-electron chi connectivity index (χ1n) is 5.75. The molecule has 0 aromatic carbocycles. The van der Waals surface area contributed by atoms with E-state index in [4.69, 9.17) is 11.5 Å². The Kier molecular flexibility index (Phi) is 4.65. The number of thiazole rings is 2. The molecule has 0 saturated carbocycles. The molecule has 2 aromatic heterocycles. The maximum Gasteiger partial charge on any atom is 0.180 e. The number of aliphatic hydroxyl groups is 2. The van der Waals surface area contributed by atoms with E-state index in [0.717, 1.165) is 0 Å². The molecule has 0 spiro atoms. The highest BCUT2D eigenvalue weighted by Crippen LogP contribution is 2.25. The van der Waals surface area contributed by atoms with Crippen LogP contribution in [0.25, 0.3) is 0 Å². The van der Waals surface area contributed by atoms with Gasteiger partial charge in [-0.05, 0) is 0 Å². The van der Waals surface area contributed by atoms with Gasteiger partial charge in [-0.15, -0.1) is 22.7 Å². The highest BCUT2D eigenvalue weighted by atomic mass is 32.1. The minimum absolute atomic E-state index is 0.125. The van der Waals surface area contributed by atoms with Crippen molar-refractivity contribution in [3.8, 4) is 0 Å². The van der Waals surface area contributed by atoms with Crippen molar-refractivity contribution >= 4 is 38.7 Å². The third kappa shape index (κ3) is 3.73. The summed E-state index contributed by atoms with van der Waals surface area (Å²) in [7, 11) is 0. The molecule has 2 unspecified atom stereocenters. The molecule has 0 amide bonds. The second-order valence-electron chi connectivity index (χ2n) is 4.20. The lowest BCUT2D eigenvalue weighted by molar-refractivity contribution is -0.123. The van der Waals surface area contributed by atoms with Gasteiger partial charge in [0.05, 0.1) is 11.4 Å². The molecular formula is C11H14N4O3S2. The van der Waals surface area contributed by atoms with Gasteiger partial charge in [-0.2, -0.15) is 0 Å². The molecule has 2 atom stereocenters. The fraction of sp³-hybridized carbons (Fsp3) is 0.364. The van der Waals surface area contributed by atoms with Crippen LogP contribution in [-0.2, 0) is 4.79 Å². The maximum absolute atomic E-state index is 11.8. The van der Waals surface area contributed by atoms with Gasteiger partial charge >= 0.3 is 0 Å². The average Bonchev–Trinajstić information content (AvgIpc) is 2.97. The zero-order valence-corrected chi connectivity index (χ0v) is 12.0. The Bertz CT molecular complexity index is 548. The Morgan fingerprint density at radius 3 is 1.75 bits per heavy atom. The van der Waals surface area contributed by atoms with E-state index in [1.165, 1.54) is 22.7 Å². The van der Waals surface area contributed by atoms with Gasteiger partial charge in [0.25, 0.3) is 0 Å². The highest BCUT2D eigenvalue weighted by molar-refractivity contribution is 7.13. The van der Waals surface area contributed by atoms with Crippen molar-refractivity contribution in [1.82, 2.24) is 9.97 Å². The van der Waals surface area contributed by atoms with Gasteiger partial charge in [0.1, 0.15) is 18.0 Å². The molecule has 2 aromatic rings. The monoisotopic (exact) mass is 314 g/mol. The van der Waals surface area contributed by atoms with Gasteiger partial charge in [-0.3, -0.25) is 4.79 Å². The van der Waals surface area contributed by atoms with Crippen molar-refractivity contribution in [1.29, 1.82) is 0 Å². The normalized spacial score (nSPS) is 14.1. The van der Waals surface area contributed by atoms with Crippen molar-refractivity contribution in [2.24, 2.45) is 0 Å². The van der Waals surface area contributed by atoms with E-state index >= 15 is 0 Å². The van der Waals surface area contributed by atoms with Crippen LogP contribution in [0.3, 0.4) is 0 Å². The van der Waals surface area contributed by atoms with Crippen molar-refractivity contribution in [2.45, 2.75) is 25.0 Å². The number of rotatable bonds is 6. The smallest absolute Gasteiger partial charge is 0.180 e. The predicted octanol–water partition coefficient (Wildman–Crippen LogP) is 0.880. The average molecular weight is 314 g/mol. The number of ketones is 1. The summed E-state index contributed by atoms with van der Waals surface area (Å²) < 4.78 is 0. The number of hydrogen-bond donors (Lipinski definition) is 4. The number of aliphatic hydroxyl groups excluding tert-OH is 2. The van der Waals surface area contributed by atoms with Gasteiger partial charge in [0.15, 0.2) is 10.3 Å². The van der Waals surface area contributed by atoms with E-state index in [-0.39, 0.29) is 18.6 Å². The standard InChI is InChI=1S/C11H14N4O3S2/c12-10-14-6(3-19-10)8(17)1-5(16)2-9(18)7-4-20-11(13)15-7/h3-4,8-9,17-18H,1-2H2,(H2,12,14)(H2,13,15). The molecule has 0 radical (unpaired) electrons. The molecule has 0 fully saturated rings. The molecule has 9 heteroatoms. The lowest BCUT2D eigenvalue weighted by Crippen LogP contribution is -2.11. The van der Waals surface area contributed by atoms with Gasteiger partial charge in [0, 0.05) is 23.6 Å². The zero-order chi connectivity index (χ0) is 14.7. The first-order valence-corrected chi connectivity index (χ1v) is 7.51. The summed E-state index contributed by atoms with van der Waals surface area (Å²) >= 11 is 2.39. The summed E-state index contributed by atoms with van der Waals surface area (Å²) in [6.07, 6.45) is -2.27. The lowest BCUT2D eigenvalue weighted by atomic mass is 10.0. The molecule has 6 N–H and O–H groups in total. The van der Waals surface area contributed by atoms with Crippen LogP contribution >= 0.6 is 22.7 Å². The number of aromatic nitrogens is 2. The second-order valence-corrected chi connectivity index (χ2v) is 5.98. The van der Waals surface area contributed by atoms with Crippen molar-refractivity contribution in [3.05, 3.63) is 22.1 Å². The van der Waals surface area contributed by atoms with E-state index in [0.29, 0.717) is 21.7 Å². The van der Waals surface area contributed by atoms with Gasteiger partial charge in [-0.25, -0.2) is 9.97 Å². The van der Waals surface area contributed by atoms with Crippen molar-refractivity contribution in [2.75, 3.05) is 11.5 Å². The number of hydrogen-bond acceptors (Lipinski definition) is 9. The molecular weight excluding hydrogens is 300 g/mol. The third-order valence-electron chi connectivity index (χ3n) is 2.60. The summed E-state index contributed by atoms with van der Waals surface area (Å²) in [4.78, 5) is 19.6. The Morgan fingerprint density at radius 2 is 1.45 bits per heavy atom. The van der Waals surface area contributed by atoms with Gasteiger partial charge in [-0.1, -0.05) is 0 Å². The van der Waals surface area contributed by atoms with Crippen molar-refractivity contribution in [3.63, 3.8) is 0 Å². The summed E-state index contributed by atoms with van der Waals surface area (Å²) in [6.45, 7) is 0. The topological polar surface area (TPSA) is 135 Å². The molecule has 7 nitrogen and oxygen atoms in total. The zero-order valence-electron chi connectivity index (χ0n) is 10.4. The fourth-order valence-electron chi connectivity index (χ4n) is 1.63. The highest BCUT2D eigenvalue weighted by Gasteiger charge is 2.20. The van der Waals surface area contributed by atoms with Crippen LogP contribution in [0.4, 0.5) is 10.3 Å². The van der Waals surface area contributed by atoms with Gasteiger partial charge in [0.2, 0.25) is 0 Å². The maximum atomic E-state index is 11.8. The van der Waals surface area contributed by atoms with E-state index in [1.54, 1.807) is 10.8 Å². The number of nitrogens with two attached hydrogens (primary N) is 2. The largest absolute Gasteiger partial charge is 0.386 e. The molecule has 0 bridgehead atoms. The SMILES string of the molecule is Nc1nc(C(O)CC(=O)CC(O)c2csc(N)n2)cs1. The van der Waals surface area contributed by atoms with E-state index < -0.39 is 12.2 Å². The first-order chi connectivity index (χ1) is 9.45. The molecule has 2 rings (SSSR count). The van der Waals surface area contributed by atoms with E-state index in [1.807, 2.05) is 0 Å². The molecule has 0 aliphatic heterocycles. The number of nitrogens with zero attached hydrogens (tertiary/aromatic N) is 2. The molecule has 0 saturated heterocycles. The third-order valence-corrected chi connectivity index (χ3v) is 3.99. The fourth-order valence-corrected chi connectivity index (χ4v) is 2.85. The van der Waals surface area contributed by atoms with E-state index in [2.05, 4.69) is 9.97 Å². The quantitative estimate of drug-likeness (QED) is 0.621. The molecule has 20 heavy (non-hydrogen) atoms. The Balaban J connectivity index is 1.89.